The fraction of sp³-hybridized carbons (Fsp3) is 0.867. The van der Waals surface area contributed by atoms with Crippen LogP contribution >= 0.6 is 0 Å². The quantitative estimate of drug-likeness (QED) is 0.444. The molecule has 0 radical (unpaired) electrons. The minimum atomic E-state index is -0.313. The van der Waals surface area contributed by atoms with Gasteiger partial charge in [-0.15, -0.1) is 0 Å². The monoisotopic (exact) mass is 442 g/mol. The highest BCUT2D eigenvalue weighted by Crippen LogP contribution is 2.72. The molecule has 2 N–H and O–H groups in total. The highest BCUT2D eigenvalue weighted by atomic mass is 16.3. The average Bonchev–Trinajstić information content (AvgIpc) is 2.96. The molecular weight excluding hydrogens is 392 g/mol. The smallest absolute Gasteiger partial charge is 0.0764 e. The van der Waals surface area contributed by atoms with Gasteiger partial charge in [-0.1, -0.05) is 58.8 Å². The maximum Gasteiger partial charge on any atom is 0.0764 e. The minimum absolute atomic E-state index is 0.0349. The van der Waals surface area contributed by atoms with Crippen LogP contribution in [0.15, 0.2) is 22.8 Å². The van der Waals surface area contributed by atoms with E-state index in [-0.39, 0.29) is 33.9 Å². The third-order valence-corrected chi connectivity index (χ3v) is 11.6. The van der Waals surface area contributed by atoms with Crippen molar-refractivity contribution in [1.29, 1.82) is 0 Å². The molecule has 182 valence electrons. The second-order valence-electron chi connectivity index (χ2n) is 13.7. The molecule has 8 atom stereocenters. The predicted molar refractivity (Wildman–Crippen MR) is 134 cm³/mol. The Hall–Kier alpha value is -0.600. The molecule has 4 aliphatic carbocycles. The molecule has 4 aliphatic rings. The lowest BCUT2D eigenvalue weighted by molar-refractivity contribution is -0.107. The molecule has 0 bridgehead atoms. The maximum atomic E-state index is 11.8. The first-order valence-electron chi connectivity index (χ1n) is 13.5. The van der Waals surface area contributed by atoms with E-state index < -0.39 is 0 Å². The zero-order chi connectivity index (χ0) is 23.7. The van der Waals surface area contributed by atoms with Gasteiger partial charge in [-0.05, 0) is 117 Å². The largest absolute Gasteiger partial charge is 0.393 e. The lowest BCUT2D eigenvalue weighted by atomic mass is 9.42. The van der Waals surface area contributed by atoms with Crippen LogP contribution in [0.1, 0.15) is 113 Å². The summed E-state index contributed by atoms with van der Waals surface area (Å²) in [5.74, 6) is 1.85. The summed E-state index contributed by atoms with van der Waals surface area (Å²) < 4.78 is 0. The van der Waals surface area contributed by atoms with Gasteiger partial charge in [0.25, 0.3) is 0 Å². The molecule has 32 heavy (non-hydrogen) atoms. The highest BCUT2D eigenvalue weighted by Gasteiger charge is 2.65. The van der Waals surface area contributed by atoms with E-state index in [1.54, 1.807) is 5.57 Å². The summed E-state index contributed by atoms with van der Waals surface area (Å²) in [6.45, 7) is 18.9. The molecule has 0 aromatic rings. The Morgan fingerprint density at radius 2 is 1.72 bits per heavy atom. The number of rotatable bonds is 4. The first-order valence-corrected chi connectivity index (χ1v) is 13.5. The molecule has 0 aromatic carbocycles. The normalized spacial score (nSPS) is 46.2. The molecule has 2 saturated carbocycles. The van der Waals surface area contributed by atoms with Crippen LogP contribution in [0.3, 0.4) is 0 Å². The third kappa shape index (κ3) is 3.33. The van der Waals surface area contributed by atoms with Crippen molar-refractivity contribution in [3.8, 4) is 0 Å². The Balaban J connectivity index is 1.70. The third-order valence-electron chi connectivity index (χ3n) is 11.6. The summed E-state index contributed by atoms with van der Waals surface area (Å²) in [6.07, 6.45) is 12.0. The van der Waals surface area contributed by atoms with E-state index in [0.29, 0.717) is 17.8 Å². The highest BCUT2D eigenvalue weighted by molar-refractivity contribution is 5.41. The molecule has 0 aromatic heterocycles. The van der Waals surface area contributed by atoms with Gasteiger partial charge in [0.2, 0.25) is 0 Å². The van der Waals surface area contributed by atoms with Crippen LogP contribution < -0.4 is 0 Å². The Labute approximate surface area is 198 Å². The van der Waals surface area contributed by atoms with Crippen LogP contribution in [0.5, 0.6) is 0 Å². The molecule has 2 heteroatoms. The van der Waals surface area contributed by atoms with Gasteiger partial charge in [0, 0.05) is 0 Å². The summed E-state index contributed by atoms with van der Waals surface area (Å²) in [4.78, 5) is 0. The number of fused-ring (bicyclic) bond motifs is 4. The number of aliphatic hydroxyl groups is 2. The number of hydrogen-bond acceptors (Lipinski definition) is 2. The van der Waals surface area contributed by atoms with Crippen molar-refractivity contribution in [3.05, 3.63) is 22.8 Å². The van der Waals surface area contributed by atoms with Crippen LogP contribution in [-0.2, 0) is 0 Å². The predicted octanol–water partition coefficient (Wildman–Crippen LogP) is 7.45. The van der Waals surface area contributed by atoms with Crippen LogP contribution in [0.4, 0.5) is 0 Å². The maximum absolute atomic E-state index is 11.8. The Morgan fingerprint density at radius 1 is 1.03 bits per heavy atom. The minimum Gasteiger partial charge on any atom is -0.393 e. The fourth-order valence-electron chi connectivity index (χ4n) is 9.55. The molecule has 4 rings (SSSR count). The van der Waals surface area contributed by atoms with Crippen molar-refractivity contribution < 1.29 is 10.2 Å². The molecule has 0 heterocycles. The molecule has 0 amide bonds. The van der Waals surface area contributed by atoms with Crippen molar-refractivity contribution in [2.24, 2.45) is 39.4 Å². The average molecular weight is 443 g/mol. The summed E-state index contributed by atoms with van der Waals surface area (Å²) in [7, 11) is 0. The second-order valence-corrected chi connectivity index (χ2v) is 13.7. The Kier molecular flexibility index (Phi) is 6.11. The second kappa shape index (κ2) is 7.98. The van der Waals surface area contributed by atoms with Gasteiger partial charge in [-0.2, -0.15) is 0 Å². The van der Waals surface area contributed by atoms with Gasteiger partial charge in [-0.25, -0.2) is 0 Å². The summed E-state index contributed by atoms with van der Waals surface area (Å²) >= 11 is 0. The van der Waals surface area contributed by atoms with Gasteiger partial charge in [-0.3, -0.25) is 0 Å². The fourth-order valence-corrected chi connectivity index (χ4v) is 9.55. The molecule has 2 nitrogen and oxygen atoms in total. The van der Waals surface area contributed by atoms with Crippen molar-refractivity contribution in [3.63, 3.8) is 0 Å². The molecule has 1 unspecified atom stereocenters. The Bertz CT molecular complexity index is 802. The number of aliphatic hydroxyl groups excluding tert-OH is 2. The van der Waals surface area contributed by atoms with Crippen LogP contribution in [0.2, 0.25) is 0 Å². The Morgan fingerprint density at radius 3 is 2.38 bits per heavy atom. The lowest BCUT2D eigenvalue weighted by Gasteiger charge is -2.63. The zero-order valence-corrected chi connectivity index (χ0v) is 22.2. The van der Waals surface area contributed by atoms with Gasteiger partial charge >= 0.3 is 0 Å². The number of hydrogen-bond donors (Lipinski definition) is 2. The first kappa shape index (κ1) is 24.5. The van der Waals surface area contributed by atoms with Gasteiger partial charge in [0.05, 0.1) is 12.2 Å². The zero-order valence-electron chi connectivity index (χ0n) is 22.2. The molecule has 0 aliphatic heterocycles. The summed E-state index contributed by atoms with van der Waals surface area (Å²) in [5.41, 5.74) is 4.81. The molecule has 0 spiro atoms. The lowest BCUT2D eigenvalue weighted by Crippen LogP contribution is -2.57. The molecule has 2 fully saturated rings. The van der Waals surface area contributed by atoms with E-state index in [0.717, 1.165) is 25.7 Å². The topological polar surface area (TPSA) is 40.5 Å². The first-order chi connectivity index (χ1) is 14.8. The van der Waals surface area contributed by atoms with E-state index in [1.807, 2.05) is 0 Å². The van der Waals surface area contributed by atoms with Gasteiger partial charge in [0.15, 0.2) is 0 Å². The van der Waals surface area contributed by atoms with Crippen LogP contribution in [-0.4, -0.2) is 22.4 Å². The van der Waals surface area contributed by atoms with Gasteiger partial charge < -0.3 is 10.2 Å². The van der Waals surface area contributed by atoms with E-state index in [4.69, 9.17) is 0 Å². The van der Waals surface area contributed by atoms with Crippen molar-refractivity contribution in [2.45, 2.75) is 125 Å². The van der Waals surface area contributed by atoms with Crippen LogP contribution in [0, 0.1) is 39.4 Å². The van der Waals surface area contributed by atoms with Crippen molar-refractivity contribution in [2.75, 3.05) is 0 Å². The van der Waals surface area contributed by atoms with Crippen molar-refractivity contribution in [1.82, 2.24) is 0 Å². The number of allylic oxidation sites excluding steroid dienone is 3. The standard InChI is InChI=1S/C30H50O2/c1-19(2)10-9-11-20(3)21-14-17-29(7)22-12-13-24-27(4,5)25(32)15-16-28(24,6)26(22)23(31)18-30(21,29)8/h10,20-21,23-25,31-32H,9,11-18H2,1-8H3/t20-,21-,23+,24?,25+,28+,29+,30-/m1/s1. The SMILES string of the molecule is CC(C)=CCC[C@@H](C)[C@H]1CC[C@@]2(C)C3=C([C@@H](O)C[C@]12C)[C@@]1(C)CC[C@H](O)C(C)(C)C1CC3. The van der Waals surface area contributed by atoms with E-state index in [2.05, 4.69) is 61.5 Å². The van der Waals surface area contributed by atoms with E-state index >= 15 is 0 Å². The van der Waals surface area contributed by atoms with E-state index in [9.17, 15) is 10.2 Å². The molecule has 0 saturated heterocycles. The van der Waals surface area contributed by atoms with E-state index in [1.165, 1.54) is 43.3 Å². The van der Waals surface area contributed by atoms with Crippen LogP contribution in [0.25, 0.3) is 0 Å². The molecular formula is C30H50O2. The summed E-state index contributed by atoms with van der Waals surface area (Å²) in [6, 6.07) is 0. The van der Waals surface area contributed by atoms with Gasteiger partial charge in [0.1, 0.15) is 0 Å². The van der Waals surface area contributed by atoms with Crippen molar-refractivity contribution >= 4 is 0 Å². The summed E-state index contributed by atoms with van der Waals surface area (Å²) in [5, 5.41) is 22.6.